The van der Waals surface area contributed by atoms with Gasteiger partial charge >= 0.3 is 0 Å². The average Bonchev–Trinajstić information content (AvgIpc) is 2.26. The van der Waals surface area contributed by atoms with Gasteiger partial charge in [-0.1, -0.05) is 15.9 Å². The van der Waals surface area contributed by atoms with E-state index in [-0.39, 0.29) is 27.7 Å². The maximum absolute atomic E-state index is 12.5. The van der Waals surface area contributed by atoms with E-state index >= 15 is 0 Å². The number of rotatable bonds is 3. The number of nitrogens with zero attached hydrogens (tertiary/aromatic N) is 2. The van der Waals surface area contributed by atoms with Crippen molar-refractivity contribution in [1.29, 1.82) is 5.26 Å². The molecule has 1 rings (SSSR count). The van der Waals surface area contributed by atoms with Gasteiger partial charge in [0.05, 0.1) is 5.56 Å². The van der Waals surface area contributed by atoms with Gasteiger partial charge in [0.1, 0.15) is 11.8 Å². The zero-order valence-electron chi connectivity index (χ0n) is 7.38. The predicted molar refractivity (Wildman–Crippen MR) is 51.9 cm³/mol. The first-order chi connectivity index (χ1) is 7.15. The number of halogens is 3. The SMILES string of the molecule is N#Cc1c(C=O)ncc(C(F)F)c1CBr. The standard InChI is InChI=1S/C9H5BrF2N2O/c10-1-5-6(2-13)8(4-15)14-3-7(5)9(11)12/h3-4,9H,1H2. The van der Waals surface area contributed by atoms with Crippen LogP contribution in [0.15, 0.2) is 6.20 Å². The minimum atomic E-state index is -2.71. The smallest absolute Gasteiger partial charge is 0.265 e. The highest BCUT2D eigenvalue weighted by Crippen LogP contribution is 2.27. The van der Waals surface area contributed by atoms with Crippen molar-refractivity contribution in [2.75, 3.05) is 0 Å². The van der Waals surface area contributed by atoms with Gasteiger partial charge in [-0.15, -0.1) is 0 Å². The van der Waals surface area contributed by atoms with Crippen molar-refractivity contribution in [2.45, 2.75) is 11.8 Å². The van der Waals surface area contributed by atoms with Crippen LogP contribution in [0, 0.1) is 11.3 Å². The van der Waals surface area contributed by atoms with Crippen LogP contribution in [0.5, 0.6) is 0 Å². The second-order valence-corrected chi connectivity index (χ2v) is 3.18. The van der Waals surface area contributed by atoms with Crippen molar-refractivity contribution >= 4 is 22.2 Å². The van der Waals surface area contributed by atoms with Gasteiger partial charge in [-0.2, -0.15) is 5.26 Å². The Balaban J connectivity index is 3.49. The van der Waals surface area contributed by atoms with Crippen molar-refractivity contribution in [3.8, 4) is 6.07 Å². The van der Waals surface area contributed by atoms with Crippen LogP contribution >= 0.6 is 15.9 Å². The van der Waals surface area contributed by atoms with E-state index in [9.17, 15) is 13.6 Å². The predicted octanol–water partition coefficient (Wildman–Crippen LogP) is 2.60. The van der Waals surface area contributed by atoms with Crippen LogP contribution in [0.4, 0.5) is 8.78 Å². The van der Waals surface area contributed by atoms with Crippen LogP contribution in [0.25, 0.3) is 0 Å². The van der Waals surface area contributed by atoms with Crippen LogP contribution < -0.4 is 0 Å². The first-order valence-electron chi connectivity index (χ1n) is 3.86. The normalized spacial score (nSPS) is 10.1. The maximum Gasteiger partial charge on any atom is 0.265 e. The molecule has 1 aromatic rings. The summed E-state index contributed by atoms with van der Waals surface area (Å²) in [5.41, 5.74) is -0.422. The van der Waals surface area contributed by atoms with E-state index in [1.165, 1.54) is 0 Å². The molecule has 0 bridgehead atoms. The Morgan fingerprint density at radius 2 is 2.33 bits per heavy atom. The van der Waals surface area contributed by atoms with E-state index in [0.717, 1.165) is 6.20 Å². The molecule has 0 atom stereocenters. The Morgan fingerprint density at radius 3 is 2.73 bits per heavy atom. The largest absolute Gasteiger partial charge is 0.296 e. The van der Waals surface area contributed by atoms with Gasteiger partial charge in [0.15, 0.2) is 6.29 Å². The Bertz CT molecular complexity index is 429. The van der Waals surface area contributed by atoms with Gasteiger partial charge < -0.3 is 0 Å². The zero-order chi connectivity index (χ0) is 11.4. The first kappa shape index (κ1) is 11.7. The monoisotopic (exact) mass is 274 g/mol. The summed E-state index contributed by atoms with van der Waals surface area (Å²) in [6, 6.07) is 1.70. The Labute approximate surface area is 92.9 Å². The molecule has 6 heteroatoms. The summed E-state index contributed by atoms with van der Waals surface area (Å²) in [7, 11) is 0. The summed E-state index contributed by atoms with van der Waals surface area (Å²) in [4.78, 5) is 14.0. The molecular weight excluding hydrogens is 270 g/mol. The topological polar surface area (TPSA) is 53.8 Å². The molecule has 0 radical (unpaired) electrons. The van der Waals surface area contributed by atoms with Crippen LogP contribution in [0.1, 0.15) is 33.6 Å². The van der Waals surface area contributed by atoms with E-state index in [1.807, 2.05) is 0 Å². The fourth-order valence-corrected chi connectivity index (χ4v) is 1.73. The number of carbonyl (C=O) groups excluding carboxylic acids is 1. The van der Waals surface area contributed by atoms with Gasteiger partial charge in [-0.3, -0.25) is 9.78 Å². The fraction of sp³-hybridized carbons (Fsp3) is 0.222. The van der Waals surface area contributed by atoms with E-state index < -0.39 is 6.43 Å². The number of aromatic nitrogens is 1. The number of aldehydes is 1. The van der Waals surface area contributed by atoms with Gasteiger partial charge in [0.2, 0.25) is 0 Å². The molecule has 0 unspecified atom stereocenters. The molecule has 0 saturated heterocycles. The Kier molecular flexibility index (Phi) is 3.86. The summed E-state index contributed by atoms with van der Waals surface area (Å²) in [6.45, 7) is 0. The highest BCUT2D eigenvalue weighted by atomic mass is 79.9. The van der Waals surface area contributed by atoms with Crippen molar-refractivity contribution < 1.29 is 13.6 Å². The lowest BCUT2D eigenvalue weighted by Crippen LogP contribution is -2.03. The molecule has 0 aliphatic carbocycles. The maximum atomic E-state index is 12.5. The molecule has 15 heavy (non-hydrogen) atoms. The lowest BCUT2D eigenvalue weighted by molar-refractivity contribution is 0.111. The third kappa shape index (κ3) is 2.18. The summed E-state index contributed by atoms with van der Waals surface area (Å²) in [5.74, 6) is 0. The number of hydrogen-bond donors (Lipinski definition) is 0. The van der Waals surface area contributed by atoms with E-state index in [0.29, 0.717) is 6.29 Å². The van der Waals surface area contributed by atoms with E-state index in [2.05, 4.69) is 20.9 Å². The van der Waals surface area contributed by atoms with Crippen LogP contribution in [0.3, 0.4) is 0 Å². The summed E-state index contributed by atoms with van der Waals surface area (Å²) >= 11 is 3.00. The molecule has 0 amide bonds. The molecular formula is C9H5BrF2N2O. The number of carbonyl (C=O) groups is 1. The molecule has 0 fully saturated rings. The molecule has 3 nitrogen and oxygen atoms in total. The molecule has 78 valence electrons. The number of pyridine rings is 1. The van der Waals surface area contributed by atoms with Crippen molar-refractivity contribution in [3.63, 3.8) is 0 Å². The van der Waals surface area contributed by atoms with Crippen LogP contribution in [0.2, 0.25) is 0 Å². The van der Waals surface area contributed by atoms with Crippen LogP contribution in [-0.4, -0.2) is 11.3 Å². The molecule has 0 saturated carbocycles. The van der Waals surface area contributed by atoms with Crippen molar-refractivity contribution in [3.05, 3.63) is 28.6 Å². The zero-order valence-corrected chi connectivity index (χ0v) is 8.96. The van der Waals surface area contributed by atoms with Gasteiger partial charge in [0.25, 0.3) is 6.43 Å². The van der Waals surface area contributed by atoms with Crippen molar-refractivity contribution in [2.24, 2.45) is 0 Å². The summed E-state index contributed by atoms with van der Waals surface area (Å²) in [6.07, 6.45) is -1.41. The second-order valence-electron chi connectivity index (χ2n) is 2.62. The molecule has 1 aromatic heterocycles. The third-order valence-electron chi connectivity index (χ3n) is 1.84. The molecule has 0 aliphatic heterocycles. The molecule has 0 N–H and O–H groups in total. The third-order valence-corrected chi connectivity index (χ3v) is 2.40. The number of hydrogen-bond acceptors (Lipinski definition) is 3. The second kappa shape index (κ2) is 4.94. The molecule has 0 aromatic carbocycles. The molecule has 0 aliphatic rings. The quantitative estimate of drug-likeness (QED) is 0.629. The summed E-state index contributed by atoms with van der Waals surface area (Å²) in [5, 5.41) is 8.84. The van der Waals surface area contributed by atoms with E-state index in [1.54, 1.807) is 6.07 Å². The van der Waals surface area contributed by atoms with Gasteiger partial charge in [-0.25, -0.2) is 8.78 Å². The van der Waals surface area contributed by atoms with Crippen molar-refractivity contribution in [1.82, 2.24) is 4.98 Å². The molecule has 1 heterocycles. The highest BCUT2D eigenvalue weighted by molar-refractivity contribution is 9.08. The average molecular weight is 275 g/mol. The van der Waals surface area contributed by atoms with Gasteiger partial charge in [-0.05, 0) is 5.56 Å². The summed E-state index contributed by atoms with van der Waals surface area (Å²) < 4.78 is 25.0. The van der Waals surface area contributed by atoms with Crippen LogP contribution in [-0.2, 0) is 5.33 Å². The minimum absolute atomic E-state index is 0.0823. The Hall–Kier alpha value is -1.35. The number of nitriles is 1. The fourth-order valence-electron chi connectivity index (χ4n) is 1.13. The van der Waals surface area contributed by atoms with E-state index in [4.69, 9.17) is 5.26 Å². The minimum Gasteiger partial charge on any atom is -0.296 e. The van der Waals surface area contributed by atoms with Gasteiger partial charge in [0, 0.05) is 17.1 Å². The first-order valence-corrected chi connectivity index (χ1v) is 4.99. The lowest BCUT2D eigenvalue weighted by Gasteiger charge is -2.08. The Morgan fingerprint density at radius 1 is 1.67 bits per heavy atom. The highest BCUT2D eigenvalue weighted by Gasteiger charge is 2.19. The lowest BCUT2D eigenvalue weighted by atomic mass is 10.0. The number of alkyl halides is 3. The molecule has 0 spiro atoms.